The van der Waals surface area contributed by atoms with E-state index < -0.39 is 17.6 Å². The quantitative estimate of drug-likeness (QED) is 0.0970. The number of guanidine groups is 2. The molecule has 2 aromatic rings. The molecule has 230 valence electrons. The van der Waals surface area contributed by atoms with E-state index in [0.29, 0.717) is 25.7 Å². The molecule has 0 heterocycles. The van der Waals surface area contributed by atoms with Gasteiger partial charge in [0, 0.05) is 13.1 Å². The summed E-state index contributed by atoms with van der Waals surface area (Å²) < 4.78 is 5.69. The lowest BCUT2D eigenvalue weighted by atomic mass is 9.81. The standard InChI is InChI=1S/C31H47N7O4/c1-3-5-18-31(27(39)40,37(20-6-4-2)30(41)42-23-25-15-11-8-12-16-25)19-17-26(21-24-13-9-7-10-14-24)22-38(29(34)35)36-28(32)33/h7-16,26H,3-6,17-23H2,1-2H3,(H3,34,35)(H,39,40)(H4,32,33,36)/t26?,31-/m1/s1. The zero-order valence-electron chi connectivity index (χ0n) is 24.9. The van der Waals surface area contributed by atoms with E-state index in [2.05, 4.69) is 5.10 Å². The highest BCUT2D eigenvalue weighted by molar-refractivity contribution is 5.84. The number of aliphatic carboxylic acids is 1. The summed E-state index contributed by atoms with van der Waals surface area (Å²) in [4.78, 5) is 28.2. The van der Waals surface area contributed by atoms with Gasteiger partial charge in [-0.15, -0.1) is 5.10 Å². The lowest BCUT2D eigenvalue weighted by Crippen LogP contribution is -2.58. The summed E-state index contributed by atoms with van der Waals surface area (Å²) in [5.74, 6) is -1.81. The SMILES string of the molecule is CCCCN(C(=O)OCc1ccccc1)[C@](CCCC)(CCC(Cc1ccccc1)CN(N=C(N)N)C(=N)N)C(=O)O. The summed E-state index contributed by atoms with van der Waals surface area (Å²) in [5.41, 5.74) is 17.3. The number of carboxylic acid groups (broad SMARTS) is 1. The molecular formula is C31H47N7O4. The van der Waals surface area contributed by atoms with Crippen LogP contribution in [0.2, 0.25) is 0 Å². The van der Waals surface area contributed by atoms with Crippen molar-refractivity contribution in [2.45, 2.75) is 77.4 Å². The number of carbonyl (C=O) groups excluding carboxylic acids is 1. The molecule has 1 amide bonds. The van der Waals surface area contributed by atoms with Crippen LogP contribution in [0.15, 0.2) is 65.8 Å². The molecule has 11 nitrogen and oxygen atoms in total. The Bertz CT molecular complexity index is 1140. The van der Waals surface area contributed by atoms with Gasteiger partial charge in [0.1, 0.15) is 12.1 Å². The molecule has 0 fully saturated rings. The van der Waals surface area contributed by atoms with Crippen LogP contribution in [0.1, 0.15) is 69.9 Å². The Labute approximate surface area is 249 Å². The van der Waals surface area contributed by atoms with E-state index in [1.807, 2.05) is 74.5 Å². The lowest BCUT2D eigenvalue weighted by molar-refractivity contribution is -0.152. The molecule has 2 rings (SSSR count). The smallest absolute Gasteiger partial charge is 0.411 e. The van der Waals surface area contributed by atoms with E-state index >= 15 is 0 Å². The van der Waals surface area contributed by atoms with E-state index in [9.17, 15) is 14.7 Å². The van der Waals surface area contributed by atoms with Crippen molar-refractivity contribution in [2.24, 2.45) is 28.2 Å². The van der Waals surface area contributed by atoms with Gasteiger partial charge in [-0.25, -0.2) is 14.6 Å². The van der Waals surface area contributed by atoms with Crippen molar-refractivity contribution >= 4 is 24.0 Å². The Kier molecular flexibility index (Phi) is 14.1. The molecule has 0 saturated carbocycles. The molecule has 11 heteroatoms. The topological polar surface area (TPSA) is 184 Å². The first-order valence-electron chi connectivity index (χ1n) is 14.6. The molecule has 0 aliphatic carbocycles. The van der Waals surface area contributed by atoms with Gasteiger partial charge >= 0.3 is 12.1 Å². The normalized spacial score (nSPS) is 12.9. The first-order valence-corrected chi connectivity index (χ1v) is 14.6. The van der Waals surface area contributed by atoms with Crippen LogP contribution in [0.3, 0.4) is 0 Å². The number of amides is 1. The molecule has 8 N–H and O–H groups in total. The number of unbranched alkanes of at least 4 members (excludes halogenated alkanes) is 2. The minimum absolute atomic E-state index is 0.0501. The van der Waals surface area contributed by atoms with E-state index in [1.54, 1.807) is 0 Å². The van der Waals surface area contributed by atoms with Crippen LogP contribution < -0.4 is 17.2 Å². The van der Waals surface area contributed by atoms with Gasteiger partial charge in [-0.2, -0.15) is 0 Å². The highest BCUT2D eigenvalue weighted by atomic mass is 16.6. The predicted molar refractivity (Wildman–Crippen MR) is 165 cm³/mol. The summed E-state index contributed by atoms with van der Waals surface area (Å²) in [5, 5.41) is 24.0. The molecule has 2 atom stereocenters. The highest BCUT2D eigenvalue weighted by Gasteiger charge is 2.46. The predicted octanol–water partition coefficient (Wildman–Crippen LogP) is 4.46. The molecule has 1 unspecified atom stereocenters. The fraction of sp³-hybridized carbons (Fsp3) is 0.484. The van der Waals surface area contributed by atoms with Crippen molar-refractivity contribution in [3.63, 3.8) is 0 Å². The fourth-order valence-corrected chi connectivity index (χ4v) is 5.01. The number of hydrazone groups is 1. The van der Waals surface area contributed by atoms with Crippen LogP contribution in [0.25, 0.3) is 0 Å². The van der Waals surface area contributed by atoms with Gasteiger partial charge in [-0.3, -0.25) is 10.3 Å². The summed E-state index contributed by atoms with van der Waals surface area (Å²) in [6.45, 7) is 4.50. The maximum absolute atomic E-state index is 13.6. The van der Waals surface area contributed by atoms with Crippen LogP contribution in [-0.4, -0.2) is 57.6 Å². The van der Waals surface area contributed by atoms with Gasteiger partial charge in [0.2, 0.25) is 11.9 Å². The summed E-state index contributed by atoms with van der Waals surface area (Å²) in [6, 6.07) is 19.1. The molecule has 42 heavy (non-hydrogen) atoms. The van der Waals surface area contributed by atoms with Crippen LogP contribution >= 0.6 is 0 Å². The number of benzene rings is 2. The highest BCUT2D eigenvalue weighted by Crippen LogP contribution is 2.33. The summed E-state index contributed by atoms with van der Waals surface area (Å²) in [7, 11) is 0. The Morgan fingerprint density at radius 1 is 0.952 bits per heavy atom. The number of ether oxygens (including phenoxy) is 1. The molecule has 0 aliphatic rings. The van der Waals surface area contributed by atoms with Gasteiger partial charge in [-0.05, 0) is 49.1 Å². The number of rotatable bonds is 18. The first-order chi connectivity index (χ1) is 20.1. The van der Waals surface area contributed by atoms with Gasteiger partial charge in [0.25, 0.3) is 0 Å². The van der Waals surface area contributed by atoms with Crippen molar-refractivity contribution < 1.29 is 19.4 Å². The molecule has 0 bridgehead atoms. The maximum Gasteiger partial charge on any atom is 0.411 e. The molecule has 2 aromatic carbocycles. The Morgan fingerprint density at radius 2 is 1.55 bits per heavy atom. The number of nitrogens with zero attached hydrogens (tertiary/aromatic N) is 3. The average molecular weight is 582 g/mol. The van der Waals surface area contributed by atoms with Crippen LogP contribution in [-0.2, 0) is 22.6 Å². The van der Waals surface area contributed by atoms with Crippen LogP contribution in [0.5, 0.6) is 0 Å². The molecule has 0 saturated heterocycles. The van der Waals surface area contributed by atoms with E-state index in [-0.39, 0.29) is 50.4 Å². The number of hydrogen-bond donors (Lipinski definition) is 5. The Morgan fingerprint density at radius 3 is 2.07 bits per heavy atom. The fourth-order valence-electron chi connectivity index (χ4n) is 5.01. The maximum atomic E-state index is 13.6. The summed E-state index contributed by atoms with van der Waals surface area (Å²) >= 11 is 0. The zero-order valence-corrected chi connectivity index (χ0v) is 24.9. The van der Waals surface area contributed by atoms with Crippen molar-refractivity contribution in [3.8, 4) is 0 Å². The minimum Gasteiger partial charge on any atom is -0.479 e. The Hall–Kier alpha value is -4.28. The second-order valence-electron chi connectivity index (χ2n) is 10.6. The third-order valence-corrected chi connectivity index (χ3v) is 7.30. The van der Waals surface area contributed by atoms with Gasteiger partial charge in [-0.1, -0.05) is 93.8 Å². The zero-order chi connectivity index (χ0) is 31.0. The van der Waals surface area contributed by atoms with E-state index in [4.69, 9.17) is 27.3 Å². The van der Waals surface area contributed by atoms with Gasteiger partial charge < -0.3 is 27.0 Å². The van der Waals surface area contributed by atoms with Crippen LogP contribution in [0.4, 0.5) is 4.79 Å². The van der Waals surface area contributed by atoms with Gasteiger partial charge in [0.15, 0.2) is 0 Å². The second-order valence-corrected chi connectivity index (χ2v) is 10.6. The molecular weight excluding hydrogens is 534 g/mol. The van der Waals surface area contributed by atoms with Crippen molar-refractivity contribution in [1.82, 2.24) is 9.91 Å². The molecule has 0 aromatic heterocycles. The van der Waals surface area contributed by atoms with Crippen molar-refractivity contribution in [3.05, 3.63) is 71.8 Å². The number of carbonyl (C=O) groups is 2. The number of nitrogens with one attached hydrogen (secondary N) is 1. The Balaban J connectivity index is 2.43. The second kappa shape index (κ2) is 17.5. The molecule has 0 radical (unpaired) electrons. The van der Waals surface area contributed by atoms with E-state index in [1.165, 1.54) is 9.91 Å². The first kappa shape index (κ1) is 33.9. The number of nitrogens with two attached hydrogens (primary N) is 3. The van der Waals surface area contributed by atoms with Crippen molar-refractivity contribution in [2.75, 3.05) is 13.1 Å². The number of hydrogen-bond acceptors (Lipinski definition) is 5. The molecule has 0 spiro atoms. The monoisotopic (exact) mass is 581 g/mol. The minimum atomic E-state index is -1.48. The third kappa shape index (κ3) is 10.6. The molecule has 0 aliphatic heterocycles. The summed E-state index contributed by atoms with van der Waals surface area (Å²) in [6.07, 6.45) is 3.61. The van der Waals surface area contributed by atoms with Crippen LogP contribution in [0, 0.1) is 11.3 Å². The van der Waals surface area contributed by atoms with Crippen molar-refractivity contribution in [1.29, 1.82) is 5.41 Å². The lowest BCUT2D eigenvalue weighted by Gasteiger charge is -2.41. The third-order valence-electron chi connectivity index (χ3n) is 7.30. The number of carboxylic acids is 1. The largest absolute Gasteiger partial charge is 0.479 e. The van der Waals surface area contributed by atoms with E-state index in [0.717, 1.165) is 24.0 Å². The average Bonchev–Trinajstić information content (AvgIpc) is 2.97. The van der Waals surface area contributed by atoms with Gasteiger partial charge in [0.05, 0.1) is 0 Å².